The highest BCUT2D eigenvalue weighted by Crippen LogP contribution is 2.33. The maximum Gasteiger partial charge on any atom is 0.295 e. The molecule has 1 aromatic carbocycles. The molecule has 72 valence electrons. The molecule has 0 bridgehead atoms. The largest absolute Gasteiger partial charge is 0.397 e. The van der Waals surface area contributed by atoms with E-state index in [4.69, 9.17) is 21.9 Å². The van der Waals surface area contributed by atoms with Crippen molar-refractivity contribution >= 4 is 43.3 Å². The second-order valence-electron chi connectivity index (χ2n) is 2.25. The summed E-state index contributed by atoms with van der Waals surface area (Å²) in [5.74, 6) is 0. The third-order valence-electron chi connectivity index (χ3n) is 1.37. The Morgan fingerprint density at radius 2 is 2.00 bits per heavy atom. The van der Waals surface area contributed by atoms with Crippen LogP contribution in [0.3, 0.4) is 0 Å². The number of benzene rings is 1. The van der Waals surface area contributed by atoms with Gasteiger partial charge in [-0.25, -0.2) is 0 Å². The first kappa shape index (κ1) is 10.8. The van der Waals surface area contributed by atoms with E-state index in [9.17, 15) is 8.42 Å². The predicted octanol–water partition coefficient (Wildman–Crippen LogP) is 1.93. The molecule has 0 aliphatic carbocycles. The van der Waals surface area contributed by atoms with Crippen molar-refractivity contribution in [2.45, 2.75) is 4.90 Å². The van der Waals surface area contributed by atoms with Gasteiger partial charge in [-0.3, -0.25) is 4.55 Å². The first-order valence-electron chi connectivity index (χ1n) is 3.05. The van der Waals surface area contributed by atoms with E-state index in [1.54, 1.807) is 0 Å². The normalized spacial score (nSPS) is 11.6. The van der Waals surface area contributed by atoms with E-state index in [0.29, 0.717) is 0 Å². The van der Waals surface area contributed by atoms with Crippen molar-refractivity contribution in [3.63, 3.8) is 0 Å². The van der Waals surface area contributed by atoms with Crippen molar-refractivity contribution < 1.29 is 13.0 Å². The monoisotopic (exact) mass is 285 g/mol. The third kappa shape index (κ3) is 2.14. The lowest BCUT2D eigenvalue weighted by Gasteiger charge is -2.04. The lowest BCUT2D eigenvalue weighted by molar-refractivity contribution is 0.482. The maximum atomic E-state index is 10.7. The van der Waals surface area contributed by atoms with Crippen LogP contribution in [0.15, 0.2) is 21.5 Å². The summed E-state index contributed by atoms with van der Waals surface area (Å²) in [6, 6.07) is 2.46. The fraction of sp³-hybridized carbons (Fsp3) is 0. The molecule has 0 aliphatic heterocycles. The molecule has 0 aromatic heterocycles. The molecule has 0 fully saturated rings. The average molecular weight is 287 g/mol. The summed E-state index contributed by atoms with van der Waals surface area (Å²) in [6.07, 6.45) is 0. The zero-order chi connectivity index (χ0) is 10.2. The number of nitrogens with two attached hydrogens (primary N) is 1. The molecule has 13 heavy (non-hydrogen) atoms. The van der Waals surface area contributed by atoms with Crippen LogP contribution in [0.5, 0.6) is 0 Å². The van der Waals surface area contributed by atoms with Crippen molar-refractivity contribution in [3.05, 3.63) is 21.6 Å². The number of halogens is 2. The molecule has 1 aromatic rings. The van der Waals surface area contributed by atoms with Gasteiger partial charge in [-0.15, -0.1) is 0 Å². The zero-order valence-electron chi connectivity index (χ0n) is 6.16. The summed E-state index contributed by atoms with van der Waals surface area (Å²) >= 11 is 8.52. The molecular weight excluding hydrogens is 281 g/mol. The second-order valence-corrected chi connectivity index (χ2v) is 4.84. The van der Waals surface area contributed by atoms with Crippen LogP contribution < -0.4 is 5.73 Å². The second kappa shape index (κ2) is 3.45. The highest BCUT2D eigenvalue weighted by atomic mass is 79.9. The average Bonchev–Trinajstić information content (AvgIpc) is 1.98. The van der Waals surface area contributed by atoms with Crippen molar-refractivity contribution in [2.24, 2.45) is 0 Å². The van der Waals surface area contributed by atoms with Gasteiger partial charge in [-0.1, -0.05) is 11.6 Å². The maximum absolute atomic E-state index is 10.7. The first-order chi connectivity index (χ1) is 5.84. The smallest absolute Gasteiger partial charge is 0.295 e. The molecule has 0 unspecified atom stereocenters. The zero-order valence-corrected chi connectivity index (χ0v) is 9.32. The van der Waals surface area contributed by atoms with Crippen molar-refractivity contribution in [1.82, 2.24) is 0 Å². The molecule has 0 radical (unpaired) electrons. The fourth-order valence-electron chi connectivity index (χ4n) is 0.749. The Kier molecular flexibility index (Phi) is 2.86. The number of anilines is 1. The number of hydrogen-bond donors (Lipinski definition) is 2. The topological polar surface area (TPSA) is 80.4 Å². The van der Waals surface area contributed by atoms with Gasteiger partial charge < -0.3 is 5.73 Å². The van der Waals surface area contributed by atoms with Gasteiger partial charge in [0.1, 0.15) is 4.90 Å². The Morgan fingerprint density at radius 3 is 2.46 bits per heavy atom. The predicted molar refractivity (Wildman–Crippen MR) is 53.4 cm³/mol. The molecule has 0 atom stereocenters. The minimum absolute atomic E-state index is 0.0718. The minimum atomic E-state index is -4.26. The highest BCUT2D eigenvalue weighted by Gasteiger charge is 2.17. The Bertz CT molecular complexity index is 445. The van der Waals surface area contributed by atoms with E-state index in [0.717, 1.165) is 6.07 Å². The van der Waals surface area contributed by atoms with Gasteiger partial charge in [0.05, 0.1) is 15.2 Å². The highest BCUT2D eigenvalue weighted by molar-refractivity contribution is 9.10. The molecule has 0 amide bonds. The number of nitrogen functional groups attached to an aromatic ring is 1. The Labute approximate surface area is 88.6 Å². The van der Waals surface area contributed by atoms with E-state index in [1.807, 2.05) is 0 Å². The Hall–Kier alpha value is -0.300. The van der Waals surface area contributed by atoms with Gasteiger partial charge in [0.25, 0.3) is 10.1 Å². The molecule has 0 saturated carbocycles. The van der Waals surface area contributed by atoms with Crippen molar-refractivity contribution in [2.75, 3.05) is 5.73 Å². The van der Waals surface area contributed by atoms with Gasteiger partial charge in [0, 0.05) is 0 Å². The molecule has 1 rings (SSSR count). The van der Waals surface area contributed by atoms with Crippen LogP contribution in [0.25, 0.3) is 0 Å². The van der Waals surface area contributed by atoms with E-state index in [1.165, 1.54) is 6.07 Å². The van der Waals surface area contributed by atoms with Crippen molar-refractivity contribution in [1.29, 1.82) is 0 Å². The van der Waals surface area contributed by atoms with Crippen LogP contribution in [0.2, 0.25) is 5.02 Å². The number of hydrogen-bond acceptors (Lipinski definition) is 3. The molecule has 7 heteroatoms. The summed E-state index contributed by atoms with van der Waals surface area (Å²) in [6.45, 7) is 0. The van der Waals surface area contributed by atoms with E-state index < -0.39 is 10.1 Å². The SMILES string of the molecule is Nc1c(Cl)ccc(S(=O)(=O)O)c1Br. The molecule has 4 nitrogen and oxygen atoms in total. The first-order valence-corrected chi connectivity index (χ1v) is 5.66. The summed E-state index contributed by atoms with van der Waals surface area (Å²) in [4.78, 5) is -0.297. The van der Waals surface area contributed by atoms with Crippen LogP contribution in [0, 0.1) is 0 Å². The standard InChI is InChI=1S/C6H5BrClNO3S/c7-5-4(13(10,11)12)2-1-3(8)6(5)9/h1-2H,9H2,(H,10,11,12). The Morgan fingerprint density at radius 1 is 1.46 bits per heavy atom. The van der Waals surface area contributed by atoms with Crippen LogP contribution in [-0.4, -0.2) is 13.0 Å². The van der Waals surface area contributed by atoms with Crippen LogP contribution in [0.1, 0.15) is 0 Å². The van der Waals surface area contributed by atoms with Crippen molar-refractivity contribution in [3.8, 4) is 0 Å². The lowest BCUT2D eigenvalue weighted by atomic mass is 10.3. The molecular formula is C6H5BrClNO3S. The molecule has 0 aliphatic rings. The summed E-state index contributed by atoms with van der Waals surface area (Å²) in [5.41, 5.74) is 5.51. The van der Waals surface area contributed by atoms with Crippen LogP contribution in [0.4, 0.5) is 5.69 Å². The van der Waals surface area contributed by atoms with Crippen LogP contribution >= 0.6 is 27.5 Å². The van der Waals surface area contributed by atoms with E-state index in [-0.39, 0.29) is 20.1 Å². The van der Waals surface area contributed by atoms with E-state index in [2.05, 4.69) is 15.9 Å². The fourth-order valence-corrected chi connectivity index (χ4v) is 2.56. The quantitative estimate of drug-likeness (QED) is 0.610. The van der Waals surface area contributed by atoms with Crippen LogP contribution in [-0.2, 0) is 10.1 Å². The van der Waals surface area contributed by atoms with Gasteiger partial charge in [0.2, 0.25) is 0 Å². The minimum Gasteiger partial charge on any atom is -0.397 e. The van der Waals surface area contributed by atoms with Gasteiger partial charge in [-0.05, 0) is 28.1 Å². The Balaban J connectivity index is 3.53. The van der Waals surface area contributed by atoms with Gasteiger partial charge in [-0.2, -0.15) is 8.42 Å². The third-order valence-corrected chi connectivity index (χ3v) is 3.71. The molecule has 0 heterocycles. The molecule has 0 spiro atoms. The van der Waals surface area contributed by atoms with Gasteiger partial charge in [0.15, 0.2) is 0 Å². The molecule has 3 N–H and O–H groups in total. The lowest BCUT2D eigenvalue weighted by Crippen LogP contribution is -2.01. The number of rotatable bonds is 1. The summed E-state index contributed by atoms with van der Waals surface area (Å²) in [5, 5.41) is 0.222. The summed E-state index contributed by atoms with van der Waals surface area (Å²) < 4.78 is 30.3. The van der Waals surface area contributed by atoms with Gasteiger partial charge >= 0.3 is 0 Å². The molecule has 0 saturated heterocycles. The van der Waals surface area contributed by atoms with E-state index >= 15 is 0 Å². The summed E-state index contributed by atoms with van der Waals surface area (Å²) in [7, 11) is -4.26.